The van der Waals surface area contributed by atoms with Gasteiger partial charge < -0.3 is 10.5 Å². The average Bonchev–Trinajstić information content (AvgIpc) is 2.52. The van der Waals surface area contributed by atoms with E-state index in [2.05, 4.69) is 0 Å². The highest BCUT2D eigenvalue weighted by Gasteiger charge is 2.05. The molecule has 2 N–H and O–H groups in total. The summed E-state index contributed by atoms with van der Waals surface area (Å²) in [5.41, 5.74) is 7.29. The second-order valence-corrected chi connectivity index (χ2v) is 4.57. The van der Waals surface area contributed by atoms with E-state index in [1.807, 2.05) is 54.6 Å². The molecule has 0 bridgehead atoms. The van der Waals surface area contributed by atoms with Crippen LogP contribution in [-0.2, 0) is 6.42 Å². The van der Waals surface area contributed by atoms with Crippen LogP contribution < -0.4 is 10.5 Å². The molecule has 0 fully saturated rings. The SMILES string of the molecule is NCCOc1ccc(CCC(=O)c2ccccc2)cc1. The van der Waals surface area contributed by atoms with E-state index in [1.54, 1.807) is 0 Å². The summed E-state index contributed by atoms with van der Waals surface area (Å²) in [6.07, 6.45) is 1.26. The summed E-state index contributed by atoms with van der Waals surface area (Å²) in [6, 6.07) is 17.2. The van der Waals surface area contributed by atoms with Gasteiger partial charge in [-0.05, 0) is 24.1 Å². The van der Waals surface area contributed by atoms with Crippen LogP contribution in [-0.4, -0.2) is 18.9 Å². The minimum atomic E-state index is 0.175. The van der Waals surface area contributed by atoms with E-state index < -0.39 is 0 Å². The Morgan fingerprint density at radius 3 is 2.35 bits per heavy atom. The predicted octanol–water partition coefficient (Wildman–Crippen LogP) is 2.84. The highest BCUT2D eigenvalue weighted by Crippen LogP contribution is 2.14. The van der Waals surface area contributed by atoms with Gasteiger partial charge in [0.2, 0.25) is 0 Å². The van der Waals surface area contributed by atoms with E-state index in [0.29, 0.717) is 19.6 Å². The third-order valence-electron chi connectivity index (χ3n) is 3.05. The summed E-state index contributed by atoms with van der Waals surface area (Å²) in [6.45, 7) is 1.03. The van der Waals surface area contributed by atoms with Gasteiger partial charge in [0.15, 0.2) is 5.78 Å². The van der Waals surface area contributed by atoms with Crippen LogP contribution in [0, 0.1) is 0 Å². The molecule has 0 spiro atoms. The number of ketones is 1. The van der Waals surface area contributed by atoms with Crippen molar-refractivity contribution >= 4 is 5.78 Å². The average molecular weight is 269 g/mol. The maximum atomic E-state index is 12.0. The van der Waals surface area contributed by atoms with E-state index in [1.165, 1.54) is 0 Å². The van der Waals surface area contributed by atoms with Crippen LogP contribution in [0.3, 0.4) is 0 Å². The molecule has 0 aliphatic rings. The second kappa shape index (κ2) is 7.46. The molecule has 0 atom stereocenters. The lowest BCUT2D eigenvalue weighted by atomic mass is 10.0. The van der Waals surface area contributed by atoms with Crippen molar-refractivity contribution in [3.05, 3.63) is 65.7 Å². The normalized spacial score (nSPS) is 10.2. The van der Waals surface area contributed by atoms with Crippen LogP contribution in [0.1, 0.15) is 22.3 Å². The number of hydrogen-bond acceptors (Lipinski definition) is 3. The first kappa shape index (κ1) is 14.3. The first-order valence-electron chi connectivity index (χ1n) is 6.79. The van der Waals surface area contributed by atoms with Gasteiger partial charge in [0, 0.05) is 18.5 Å². The van der Waals surface area contributed by atoms with Crippen molar-refractivity contribution in [3.8, 4) is 5.75 Å². The molecule has 20 heavy (non-hydrogen) atoms. The Balaban J connectivity index is 1.86. The molecule has 0 heterocycles. The summed E-state index contributed by atoms with van der Waals surface area (Å²) in [5.74, 6) is 0.989. The summed E-state index contributed by atoms with van der Waals surface area (Å²) < 4.78 is 5.41. The predicted molar refractivity (Wildman–Crippen MR) is 80.1 cm³/mol. The molecule has 3 nitrogen and oxygen atoms in total. The van der Waals surface area contributed by atoms with E-state index in [0.717, 1.165) is 23.3 Å². The Hall–Kier alpha value is -2.13. The van der Waals surface area contributed by atoms with E-state index in [-0.39, 0.29) is 5.78 Å². The van der Waals surface area contributed by atoms with Gasteiger partial charge in [-0.25, -0.2) is 0 Å². The molecule has 0 saturated heterocycles. The number of rotatable bonds is 7. The molecule has 3 heteroatoms. The molecule has 2 aromatic carbocycles. The van der Waals surface area contributed by atoms with Crippen LogP contribution >= 0.6 is 0 Å². The quantitative estimate of drug-likeness (QED) is 0.786. The fourth-order valence-electron chi connectivity index (χ4n) is 1.96. The van der Waals surface area contributed by atoms with Gasteiger partial charge in [0.25, 0.3) is 0 Å². The van der Waals surface area contributed by atoms with E-state index >= 15 is 0 Å². The largest absolute Gasteiger partial charge is 0.492 e. The first-order chi connectivity index (χ1) is 9.79. The minimum absolute atomic E-state index is 0.175. The van der Waals surface area contributed by atoms with Crippen LogP contribution in [0.4, 0.5) is 0 Å². The molecular weight excluding hydrogens is 250 g/mol. The molecule has 0 saturated carbocycles. The van der Waals surface area contributed by atoms with Gasteiger partial charge in [0.05, 0.1) is 0 Å². The van der Waals surface area contributed by atoms with E-state index in [9.17, 15) is 4.79 Å². The molecule has 0 amide bonds. The Morgan fingerprint density at radius 1 is 1.00 bits per heavy atom. The Labute approximate surface area is 119 Å². The third-order valence-corrected chi connectivity index (χ3v) is 3.05. The van der Waals surface area contributed by atoms with Crippen molar-refractivity contribution in [2.45, 2.75) is 12.8 Å². The molecule has 2 aromatic rings. The lowest BCUT2D eigenvalue weighted by Crippen LogP contribution is -2.10. The summed E-state index contributed by atoms with van der Waals surface area (Å²) >= 11 is 0. The highest BCUT2D eigenvalue weighted by atomic mass is 16.5. The molecule has 0 aliphatic carbocycles. The molecule has 0 aliphatic heterocycles. The van der Waals surface area contributed by atoms with Crippen molar-refractivity contribution in [2.24, 2.45) is 5.73 Å². The topological polar surface area (TPSA) is 52.3 Å². The highest BCUT2D eigenvalue weighted by molar-refractivity contribution is 5.96. The van der Waals surface area contributed by atoms with Crippen LogP contribution in [0.5, 0.6) is 5.75 Å². The molecular formula is C17H19NO2. The number of nitrogens with two attached hydrogens (primary N) is 1. The zero-order valence-corrected chi connectivity index (χ0v) is 11.4. The maximum Gasteiger partial charge on any atom is 0.163 e. The maximum absolute atomic E-state index is 12.0. The number of benzene rings is 2. The number of aryl methyl sites for hydroxylation is 1. The van der Waals surface area contributed by atoms with Crippen molar-refractivity contribution < 1.29 is 9.53 Å². The number of carbonyl (C=O) groups is 1. The Bertz CT molecular complexity index is 535. The summed E-state index contributed by atoms with van der Waals surface area (Å²) in [5, 5.41) is 0. The van der Waals surface area contributed by atoms with Gasteiger partial charge in [-0.3, -0.25) is 4.79 Å². The number of Topliss-reactive ketones (excluding diaryl/α,β-unsaturated/α-hetero) is 1. The van der Waals surface area contributed by atoms with Crippen LogP contribution in [0.2, 0.25) is 0 Å². The van der Waals surface area contributed by atoms with Crippen molar-refractivity contribution in [2.75, 3.05) is 13.2 Å². The standard InChI is InChI=1S/C17H19NO2/c18-12-13-20-16-9-6-14(7-10-16)8-11-17(19)15-4-2-1-3-5-15/h1-7,9-10H,8,11-13,18H2. The number of ether oxygens (including phenoxy) is 1. The second-order valence-electron chi connectivity index (χ2n) is 4.57. The van der Waals surface area contributed by atoms with Crippen molar-refractivity contribution in [3.63, 3.8) is 0 Å². The van der Waals surface area contributed by atoms with Crippen molar-refractivity contribution in [1.29, 1.82) is 0 Å². The van der Waals surface area contributed by atoms with E-state index in [4.69, 9.17) is 10.5 Å². The Morgan fingerprint density at radius 2 is 1.70 bits per heavy atom. The lowest BCUT2D eigenvalue weighted by Gasteiger charge is -2.06. The molecule has 0 radical (unpaired) electrons. The Kier molecular flexibility index (Phi) is 5.33. The fraction of sp³-hybridized carbons (Fsp3) is 0.235. The zero-order chi connectivity index (χ0) is 14.2. The van der Waals surface area contributed by atoms with Gasteiger partial charge in [-0.2, -0.15) is 0 Å². The fourth-order valence-corrected chi connectivity index (χ4v) is 1.96. The van der Waals surface area contributed by atoms with Crippen LogP contribution in [0.25, 0.3) is 0 Å². The molecule has 2 rings (SSSR count). The first-order valence-corrected chi connectivity index (χ1v) is 6.79. The summed E-state index contributed by atoms with van der Waals surface area (Å²) in [4.78, 5) is 12.0. The monoisotopic (exact) mass is 269 g/mol. The number of carbonyl (C=O) groups excluding carboxylic acids is 1. The van der Waals surface area contributed by atoms with Gasteiger partial charge in [-0.15, -0.1) is 0 Å². The third kappa shape index (κ3) is 4.21. The lowest BCUT2D eigenvalue weighted by molar-refractivity contribution is 0.0983. The van der Waals surface area contributed by atoms with Crippen LogP contribution in [0.15, 0.2) is 54.6 Å². The van der Waals surface area contributed by atoms with Gasteiger partial charge in [-0.1, -0.05) is 42.5 Å². The van der Waals surface area contributed by atoms with Gasteiger partial charge in [0.1, 0.15) is 12.4 Å². The molecule has 0 unspecified atom stereocenters. The smallest absolute Gasteiger partial charge is 0.163 e. The van der Waals surface area contributed by atoms with Crippen molar-refractivity contribution in [1.82, 2.24) is 0 Å². The molecule has 0 aromatic heterocycles. The van der Waals surface area contributed by atoms with Gasteiger partial charge >= 0.3 is 0 Å². The summed E-state index contributed by atoms with van der Waals surface area (Å²) in [7, 11) is 0. The number of hydrogen-bond donors (Lipinski definition) is 1. The minimum Gasteiger partial charge on any atom is -0.492 e. The molecule has 104 valence electrons. The zero-order valence-electron chi connectivity index (χ0n) is 11.4.